The summed E-state index contributed by atoms with van der Waals surface area (Å²) in [4.78, 5) is 14.9. The van der Waals surface area contributed by atoms with E-state index < -0.39 is 5.97 Å². The van der Waals surface area contributed by atoms with Crippen LogP contribution in [0.3, 0.4) is 0 Å². The Hall–Kier alpha value is -1.03. The van der Waals surface area contributed by atoms with Gasteiger partial charge in [0.05, 0.1) is 5.56 Å². The minimum Gasteiger partial charge on any atom is -0.478 e. The van der Waals surface area contributed by atoms with Crippen LogP contribution in [-0.2, 0) is 6.42 Å². The van der Waals surface area contributed by atoms with Gasteiger partial charge in [-0.05, 0) is 24.8 Å². The van der Waals surface area contributed by atoms with E-state index in [1.807, 2.05) is 13.2 Å². The van der Waals surface area contributed by atoms with Gasteiger partial charge >= 0.3 is 5.97 Å². The number of aromatic nitrogens is 1. The second-order valence-corrected chi connectivity index (χ2v) is 3.31. The molecule has 0 aliphatic heterocycles. The summed E-state index contributed by atoms with van der Waals surface area (Å²) >= 11 is 1.36. The number of carboxylic acids is 1. The van der Waals surface area contributed by atoms with Gasteiger partial charge in [-0.25, -0.2) is 9.78 Å². The quantitative estimate of drug-likeness (QED) is 0.753. The maximum atomic E-state index is 10.7. The average Bonchev–Trinajstić information content (AvgIpc) is 2.16. The van der Waals surface area contributed by atoms with E-state index in [0.717, 1.165) is 12.1 Å². The minimum atomic E-state index is -0.917. The summed E-state index contributed by atoms with van der Waals surface area (Å²) in [7, 11) is 0. The molecule has 1 N–H and O–H groups in total. The molecule has 4 heteroatoms. The molecule has 0 saturated carbocycles. The molecule has 0 fully saturated rings. The summed E-state index contributed by atoms with van der Waals surface area (Å²) in [6.45, 7) is 1.99. The number of carbonyl (C=O) groups is 1. The van der Waals surface area contributed by atoms with Gasteiger partial charge in [0.1, 0.15) is 5.03 Å². The van der Waals surface area contributed by atoms with Gasteiger partial charge in [0.15, 0.2) is 0 Å². The molecule has 0 amide bonds. The SMILES string of the molecule is CCc1ccc(C(=O)O)c(SC)n1. The third kappa shape index (κ3) is 2.21. The zero-order chi connectivity index (χ0) is 9.84. The lowest BCUT2D eigenvalue weighted by Crippen LogP contribution is -2.02. The summed E-state index contributed by atoms with van der Waals surface area (Å²) in [5.74, 6) is -0.917. The van der Waals surface area contributed by atoms with E-state index in [9.17, 15) is 4.79 Å². The fraction of sp³-hybridized carbons (Fsp3) is 0.333. The van der Waals surface area contributed by atoms with Crippen molar-refractivity contribution in [3.63, 3.8) is 0 Å². The normalized spacial score (nSPS) is 10.0. The molecule has 0 atom stereocenters. The fourth-order valence-corrected chi connectivity index (χ4v) is 1.58. The van der Waals surface area contributed by atoms with E-state index in [1.165, 1.54) is 11.8 Å². The predicted molar refractivity (Wildman–Crippen MR) is 52.4 cm³/mol. The van der Waals surface area contributed by atoms with Crippen molar-refractivity contribution in [2.75, 3.05) is 6.26 Å². The van der Waals surface area contributed by atoms with Gasteiger partial charge in [0, 0.05) is 5.69 Å². The molecule has 0 aliphatic carbocycles. The summed E-state index contributed by atoms with van der Waals surface area (Å²) in [5.41, 5.74) is 1.21. The first-order chi connectivity index (χ1) is 6.19. The van der Waals surface area contributed by atoms with Crippen LogP contribution in [0.4, 0.5) is 0 Å². The smallest absolute Gasteiger partial charge is 0.338 e. The van der Waals surface area contributed by atoms with Crippen molar-refractivity contribution in [2.45, 2.75) is 18.4 Å². The Bertz CT molecular complexity index is 325. The molecule has 1 heterocycles. The Morgan fingerprint density at radius 3 is 2.77 bits per heavy atom. The van der Waals surface area contributed by atoms with E-state index in [2.05, 4.69) is 4.98 Å². The van der Waals surface area contributed by atoms with Gasteiger partial charge in [-0.2, -0.15) is 0 Å². The van der Waals surface area contributed by atoms with Crippen molar-refractivity contribution < 1.29 is 9.90 Å². The maximum Gasteiger partial charge on any atom is 0.338 e. The molecule has 0 radical (unpaired) electrons. The Morgan fingerprint density at radius 1 is 1.62 bits per heavy atom. The van der Waals surface area contributed by atoms with Crippen molar-refractivity contribution in [3.05, 3.63) is 23.4 Å². The topological polar surface area (TPSA) is 50.2 Å². The van der Waals surface area contributed by atoms with E-state index in [4.69, 9.17) is 5.11 Å². The lowest BCUT2D eigenvalue weighted by molar-refractivity contribution is 0.0692. The Balaban J connectivity index is 3.15. The number of hydrogen-bond acceptors (Lipinski definition) is 3. The predicted octanol–water partition coefficient (Wildman–Crippen LogP) is 2.06. The number of aryl methyl sites for hydroxylation is 1. The van der Waals surface area contributed by atoms with Crippen molar-refractivity contribution in [1.29, 1.82) is 0 Å². The number of rotatable bonds is 3. The molecular weight excluding hydrogens is 186 g/mol. The molecule has 0 saturated heterocycles. The molecule has 70 valence electrons. The van der Waals surface area contributed by atoms with E-state index in [1.54, 1.807) is 12.1 Å². The van der Waals surface area contributed by atoms with Crippen LogP contribution in [-0.4, -0.2) is 22.3 Å². The zero-order valence-electron chi connectivity index (χ0n) is 7.57. The number of aromatic carboxylic acids is 1. The number of nitrogens with zero attached hydrogens (tertiary/aromatic N) is 1. The van der Waals surface area contributed by atoms with Crippen molar-refractivity contribution in [3.8, 4) is 0 Å². The van der Waals surface area contributed by atoms with Gasteiger partial charge < -0.3 is 5.11 Å². The van der Waals surface area contributed by atoms with Gasteiger partial charge in [-0.1, -0.05) is 6.92 Å². The van der Waals surface area contributed by atoms with Gasteiger partial charge in [-0.3, -0.25) is 0 Å². The molecule has 1 aromatic heterocycles. The standard InChI is InChI=1S/C9H11NO2S/c1-3-6-4-5-7(9(11)12)8(10-6)13-2/h4-5H,3H2,1-2H3,(H,11,12). The van der Waals surface area contributed by atoms with Gasteiger partial charge in [-0.15, -0.1) is 11.8 Å². The molecule has 0 aliphatic rings. The van der Waals surface area contributed by atoms with Crippen LogP contribution in [0.15, 0.2) is 17.2 Å². The molecule has 1 rings (SSSR count). The first-order valence-corrected chi connectivity index (χ1v) is 5.18. The van der Waals surface area contributed by atoms with Gasteiger partial charge in [0.2, 0.25) is 0 Å². The van der Waals surface area contributed by atoms with Crippen LogP contribution in [0, 0.1) is 0 Å². The van der Waals surface area contributed by atoms with Crippen LogP contribution in [0.5, 0.6) is 0 Å². The summed E-state index contributed by atoms with van der Waals surface area (Å²) in [5, 5.41) is 9.40. The molecule has 1 aromatic rings. The van der Waals surface area contributed by atoms with E-state index >= 15 is 0 Å². The second kappa shape index (κ2) is 4.28. The molecule has 13 heavy (non-hydrogen) atoms. The van der Waals surface area contributed by atoms with Crippen LogP contribution >= 0.6 is 11.8 Å². The van der Waals surface area contributed by atoms with Crippen LogP contribution in [0.2, 0.25) is 0 Å². The maximum absolute atomic E-state index is 10.7. The number of hydrogen-bond donors (Lipinski definition) is 1. The lowest BCUT2D eigenvalue weighted by Gasteiger charge is -2.03. The first kappa shape index (κ1) is 10.1. The van der Waals surface area contributed by atoms with Crippen LogP contribution in [0.25, 0.3) is 0 Å². The van der Waals surface area contributed by atoms with Crippen molar-refractivity contribution in [1.82, 2.24) is 4.98 Å². The summed E-state index contributed by atoms with van der Waals surface area (Å²) in [6.07, 6.45) is 2.65. The molecule has 0 unspecified atom stereocenters. The Kier molecular flexibility index (Phi) is 3.31. The monoisotopic (exact) mass is 197 g/mol. The largest absolute Gasteiger partial charge is 0.478 e. The zero-order valence-corrected chi connectivity index (χ0v) is 8.39. The molecular formula is C9H11NO2S. The van der Waals surface area contributed by atoms with Gasteiger partial charge in [0.25, 0.3) is 0 Å². The van der Waals surface area contributed by atoms with Crippen molar-refractivity contribution in [2.24, 2.45) is 0 Å². The van der Waals surface area contributed by atoms with Crippen LogP contribution in [0.1, 0.15) is 23.0 Å². The second-order valence-electron chi connectivity index (χ2n) is 2.52. The number of thioether (sulfide) groups is 1. The van der Waals surface area contributed by atoms with Crippen molar-refractivity contribution >= 4 is 17.7 Å². The minimum absolute atomic E-state index is 0.282. The Labute approximate surface area is 81.2 Å². The third-order valence-corrected chi connectivity index (χ3v) is 2.40. The Morgan fingerprint density at radius 2 is 2.31 bits per heavy atom. The molecule has 3 nitrogen and oxygen atoms in total. The van der Waals surface area contributed by atoms with Crippen LogP contribution < -0.4 is 0 Å². The highest BCUT2D eigenvalue weighted by molar-refractivity contribution is 7.98. The molecule has 0 spiro atoms. The van der Waals surface area contributed by atoms with E-state index in [0.29, 0.717) is 5.03 Å². The highest BCUT2D eigenvalue weighted by Gasteiger charge is 2.10. The van der Waals surface area contributed by atoms with E-state index in [-0.39, 0.29) is 5.56 Å². The highest BCUT2D eigenvalue weighted by Crippen LogP contribution is 2.18. The lowest BCUT2D eigenvalue weighted by atomic mass is 10.2. The molecule has 0 bridgehead atoms. The highest BCUT2D eigenvalue weighted by atomic mass is 32.2. The fourth-order valence-electron chi connectivity index (χ4n) is 0.994. The summed E-state index contributed by atoms with van der Waals surface area (Å²) in [6, 6.07) is 3.36. The third-order valence-electron chi connectivity index (χ3n) is 1.70. The number of pyridine rings is 1. The first-order valence-electron chi connectivity index (χ1n) is 3.96. The summed E-state index contributed by atoms with van der Waals surface area (Å²) < 4.78 is 0. The average molecular weight is 197 g/mol. The number of carboxylic acid groups (broad SMARTS) is 1. The molecule has 0 aromatic carbocycles.